The van der Waals surface area contributed by atoms with E-state index >= 15 is 0 Å². The van der Waals surface area contributed by atoms with Crippen LogP contribution in [-0.2, 0) is 14.6 Å². The van der Waals surface area contributed by atoms with Crippen molar-refractivity contribution in [2.75, 3.05) is 24.7 Å². The summed E-state index contributed by atoms with van der Waals surface area (Å²) in [7, 11) is -2.15. The van der Waals surface area contributed by atoms with Crippen molar-refractivity contribution in [2.24, 2.45) is 5.41 Å². The molecule has 0 fully saturated rings. The number of carbonyl (C=O) groups is 1. The Morgan fingerprint density at radius 2 is 2.05 bits per heavy atom. The number of rotatable bonds is 1. The lowest BCUT2D eigenvalue weighted by Crippen LogP contribution is -2.28. The molecular weight excluding hydrogens is 266 g/mol. The number of fused-ring (bicyclic) bond motifs is 1. The highest BCUT2D eigenvalue weighted by Gasteiger charge is 2.34. The number of benzene rings is 1. The van der Waals surface area contributed by atoms with E-state index in [1.165, 1.54) is 13.2 Å². The molecule has 104 valence electrons. The quantitative estimate of drug-likeness (QED) is 0.794. The Morgan fingerprint density at radius 1 is 1.37 bits per heavy atom. The summed E-state index contributed by atoms with van der Waals surface area (Å²) in [5.74, 6) is -0.496. The highest BCUT2D eigenvalue weighted by molar-refractivity contribution is 7.91. The molecule has 0 bridgehead atoms. The Labute approximate surface area is 112 Å². The highest BCUT2D eigenvalue weighted by atomic mass is 32.2. The van der Waals surface area contributed by atoms with Gasteiger partial charge in [0.05, 0.1) is 29.0 Å². The molecule has 0 amide bonds. The van der Waals surface area contributed by atoms with Gasteiger partial charge < -0.3 is 10.1 Å². The molecule has 1 aliphatic rings. The first-order valence-electron chi connectivity index (χ1n) is 5.95. The fourth-order valence-electron chi connectivity index (χ4n) is 2.22. The summed E-state index contributed by atoms with van der Waals surface area (Å²) in [6.45, 7) is 4.23. The van der Waals surface area contributed by atoms with Gasteiger partial charge in [0, 0.05) is 6.54 Å². The molecule has 0 saturated carbocycles. The molecule has 0 unspecified atom stereocenters. The van der Waals surface area contributed by atoms with Gasteiger partial charge in [0.2, 0.25) is 0 Å². The first-order valence-corrected chi connectivity index (χ1v) is 7.60. The van der Waals surface area contributed by atoms with Gasteiger partial charge in [0.15, 0.2) is 9.84 Å². The maximum Gasteiger partial charge on any atom is 0.340 e. The molecule has 1 aromatic rings. The van der Waals surface area contributed by atoms with Crippen LogP contribution in [0.4, 0.5) is 5.69 Å². The number of ether oxygens (including phenoxy) is 1. The Kier molecular flexibility index (Phi) is 3.30. The molecule has 0 spiro atoms. The zero-order chi connectivity index (χ0) is 14.3. The second kappa shape index (κ2) is 4.52. The third kappa shape index (κ3) is 2.58. The number of methoxy groups -OCH3 is 1. The molecule has 6 heteroatoms. The molecule has 1 aromatic carbocycles. The minimum atomic E-state index is -3.42. The normalized spacial score (nSPS) is 19.7. The van der Waals surface area contributed by atoms with E-state index in [2.05, 4.69) is 10.1 Å². The minimum Gasteiger partial charge on any atom is -0.465 e. The summed E-state index contributed by atoms with van der Waals surface area (Å²) in [6, 6.07) is 4.64. The second-order valence-electron chi connectivity index (χ2n) is 5.45. The Hall–Kier alpha value is -1.56. The monoisotopic (exact) mass is 283 g/mol. The fourth-order valence-corrected chi connectivity index (χ4v) is 4.29. The van der Waals surface area contributed by atoms with Crippen molar-refractivity contribution in [3.05, 3.63) is 23.8 Å². The molecule has 1 heterocycles. The Balaban J connectivity index is 2.65. The molecule has 19 heavy (non-hydrogen) atoms. The van der Waals surface area contributed by atoms with Gasteiger partial charge in [-0.3, -0.25) is 0 Å². The SMILES string of the molecule is COC(=O)c1cccc2c1NCC(C)(C)CS2(=O)=O. The van der Waals surface area contributed by atoms with E-state index in [1.54, 1.807) is 12.1 Å². The standard InChI is InChI=1S/C13H17NO4S/c1-13(2)7-14-11-9(12(15)18-3)5-4-6-10(11)19(16,17)8-13/h4-6,14H,7-8H2,1-3H3. The molecule has 0 aliphatic carbocycles. The largest absolute Gasteiger partial charge is 0.465 e. The number of hydrogen-bond acceptors (Lipinski definition) is 5. The van der Waals surface area contributed by atoms with E-state index in [0.29, 0.717) is 12.2 Å². The van der Waals surface area contributed by atoms with Gasteiger partial charge in [0.1, 0.15) is 0 Å². The van der Waals surface area contributed by atoms with Crippen LogP contribution in [0.2, 0.25) is 0 Å². The van der Waals surface area contributed by atoms with E-state index in [1.807, 2.05) is 13.8 Å². The van der Waals surface area contributed by atoms with Crippen LogP contribution < -0.4 is 5.32 Å². The zero-order valence-corrected chi connectivity index (χ0v) is 12.0. The van der Waals surface area contributed by atoms with Gasteiger partial charge in [-0.15, -0.1) is 0 Å². The van der Waals surface area contributed by atoms with Crippen molar-refractivity contribution < 1.29 is 17.9 Å². The molecule has 1 N–H and O–H groups in total. The lowest BCUT2D eigenvalue weighted by molar-refractivity contribution is 0.0601. The number of anilines is 1. The molecule has 0 aromatic heterocycles. The molecule has 0 atom stereocenters. The van der Waals surface area contributed by atoms with Crippen LogP contribution in [-0.4, -0.2) is 33.8 Å². The van der Waals surface area contributed by atoms with E-state index in [-0.39, 0.29) is 16.2 Å². The lowest BCUT2D eigenvalue weighted by atomic mass is 9.96. The Bertz CT molecular complexity index is 620. The lowest BCUT2D eigenvalue weighted by Gasteiger charge is -2.21. The van der Waals surface area contributed by atoms with Crippen molar-refractivity contribution in [1.82, 2.24) is 0 Å². The molecule has 0 radical (unpaired) electrons. The van der Waals surface area contributed by atoms with Crippen molar-refractivity contribution >= 4 is 21.5 Å². The molecule has 0 saturated heterocycles. The van der Waals surface area contributed by atoms with Crippen LogP contribution >= 0.6 is 0 Å². The van der Waals surface area contributed by atoms with E-state index in [9.17, 15) is 13.2 Å². The van der Waals surface area contributed by atoms with Gasteiger partial charge in [-0.05, 0) is 17.5 Å². The first-order chi connectivity index (χ1) is 8.77. The third-order valence-corrected chi connectivity index (χ3v) is 5.26. The zero-order valence-electron chi connectivity index (χ0n) is 11.2. The van der Waals surface area contributed by atoms with E-state index in [0.717, 1.165) is 0 Å². The summed E-state index contributed by atoms with van der Waals surface area (Å²) in [6.07, 6.45) is 0. The van der Waals surface area contributed by atoms with Crippen LogP contribution in [0.3, 0.4) is 0 Å². The van der Waals surface area contributed by atoms with Crippen molar-refractivity contribution in [1.29, 1.82) is 0 Å². The van der Waals surface area contributed by atoms with Gasteiger partial charge in [-0.2, -0.15) is 0 Å². The molecule has 5 nitrogen and oxygen atoms in total. The molecular formula is C13H17NO4S. The highest BCUT2D eigenvalue weighted by Crippen LogP contribution is 2.34. The summed E-state index contributed by atoms with van der Waals surface area (Å²) < 4.78 is 29.4. The molecule has 1 aliphatic heterocycles. The topological polar surface area (TPSA) is 72.5 Å². The first kappa shape index (κ1) is 13.9. The average Bonchev–Trinajstić information content (AvgIpc) is 2.42. The van der Waals surface area contributed by atoms with Crippen molar-refractivity contribution in [2.45, 2.75) is 18.7 Å². The van der Waals surface area contributed by atoms with Crippen LogP contribution in [0.5, 0.6) is 0 Å². The number of para-hydroxylation sites is 1. The fraction of sp³-hybridized carbons (Fsp3) is 0.462. The maximum atomic E-state index is 12.4. The smallest absolute Gasteiger partial charge is 0.340 e. The summed E-state index contributed by atoms with van der Waals surface area (Å²) >= 11 is 0. The van der Waals surface area contributed by atoms with Gasteiger partial charge >= 0.3 is 5.97 Å². The van der Waals surface area contributed by atoms with Gasteiger partial charge in [0.25, 0.3) is 0 Å². The predicted molar refractivity (Wildman–Crippen MR) is 72.1 cm³/mol. The predicted octanol–water partition coefficient (Wildman–Crippen LogP) is 1.70. The average molecular weight is 283 g/mol. The molecule has 2 rings (SSSR count). The van der Waals surface area contributed by atoms with Gasteiger partial charge in [-0.25, -0.2) is 13.2 Å². The summed E-state index contributed by atoms with van der Waals surface area (Å²) in [5.41, 5.74) is 0.201. The van der Waals surface area contributed by atoms with E-state index < -0.39 is 21.2 Å². The van der Waals surface area contributed by atoms with Crippen LogP contribution in [0.25, 0.3) is 0 Å². The number of sulfone groups is 1. The van der Waals surface area contributed by atoms with Crippen molar-refractivity contribution in [3.8, 4) is 0 Å². The minimum absolute atomic E-state index is 0.0463. The maximum absolute atomic E-state index is 12.4. The van der Waals surface area contributed by atoms with E-state index in [4.69, 9.17) is 0 Å². The number of hydrogen-bond donors (Lipinski definition) is 1. The number of esters is 1. The number of carbonyl (C=O) groups excluding carboxylic acids is 1. The van der Waals surface area contributed by atoms with Gasteiger partial charge in [-0.1, -0.05) is 19.9 Å². The summed E-state index contributed by atoms with van der Waals surface area (Å²) in [5, 5.41) is 3.07. The summed E-state index contributed by atoms with van der Waals surface area (Å²) in [4.78, 5) is 11.9. The number of nitrogens with one attached hydrogen (secondary N) is 1. The van der Waals surface area contributed by atoms with Crippen LogP contribution in [0, 0.1) is 5.41 Å². The Morgan fingerprint density at radius 3 is 2.68 bits per heavy atom. The van der Waals surface area contributed by atoms with Crippen LogP contribution in [0.15, 0.2) is 23.1 Å². The van der Waals surface area contributed by atoms with Crippen molar-refractivity contribution in [3.63, 3.8) is 0 Å². The second-order valence-corrected chi connectivity index (χ2v) is 7.41. The third-order valence-electron chi connectivity index (χ3n) is 3.09. The van der Waals surface area contributed by atoms with Crippen LogP contribution in [0.1, 0.15) is 24.2 Å².